The van der Waals surface area contributed by atoms with Gasteiger partial charge in [-0.2, -0.15) is 5.10 Å². The fraction of sp³-hybridized carbons (Fsp3) is 0.667. The molecule has 2 rings (SSSR count). The summed E-state index contributed by atoms with van der Waals surface area (Å²) >= 11 is 0. The van der Waals surface area contributed by atoms with E-state index in [4.69, 9.17) is 0 Å². The number of hydrogen-bond donors (Lipinski definition) is 2. The first kappa shape index (κ1) is 12.0. The van der Waals surface area contributed by atoms with E-state index >= 15 is 0 Å². The highest BCUT2D eigenvalue weighted by molar-refractivity contribution is 5.74. The molecule has 1 aromatic rings. The highest BCUT2D eigenvalue weighted by Gasteiger charge is 2.16. The molecule has 0 spiro atoms. The molecule has 0 unspecified atom stereocenters. The number of aryl methyl sites for hydroxylation is 2. The standard InChI is InChI=1S/C12H20N4O/c1-10-11(9-14-15-10)5-4-6-13-12(17)16-7-2-3-8-16/h9H,2-8H2,1H3,(H,13,17)(H,14,15). The number of carbonyl (C=O) groups is 1. The molecule has 5 nitrogen and oxygen atoms in total. The van der Waals surface area contributed by atoms with Gasteiger partial charge < -0.3 is 10.2 Å². The molecule has 94 valence electrons. The summed E-state index contributed by atoms with van der Waals surface area (Å²) < 4.78 is 0. The van der Waals surface area contributed by atoms with E-state index in [0.717, 1.165) is 51.0 Å². The van der Waals surface area contributed by atoms with Gasteiger partial charge in [-0.3, -0.25) is 5.10 Å². The molecule has 1 aromatic heterocycles. The summed E-state index contributed by atoms with van der Waals surface area (Å²) in [4.78, 5) is 13.6. The van der Waals surface area contributed by atoms with Gasteiger partial charge in [-0.25, -0.2) is 4.79 Å². The number of carbonyl (C=O) groups excluding carboxylic acids is 1. The summed E-state index contributed by atoms with van der Waals surface area (Å²) in [6.07, 6.45) is 6.06. The number of aromatic nitrogens is 2. The monoisotopic (exact) mass is 236 g/mol. The number of likely N-dealkylation sites (tertiary alicyclic amines) is 1. The summed E-state index contributed by atoms with van der Waals surface area (Å²) in [6.45, 7) is 4.57. The quantitative estimate of drug-likeness (QED) is 0.777. The number of hydrogen-bond acceptors (Lipinski definition) is 2. The van der Waals surface area contributed by atoms with Crippen LogP contribution in [0.1, 0.15) is 30.5 Å². The topological polar surface area (TPSA) is 61.0 Å². The van der Waals surface area contributed by atoms with Gasteiger partial charge in [0.05, 0.1) is 6.20 Å². The third kappa shape index (κ3) is 3.22. The predicted molar refractivity (Wildman–Crippen MR) is 65.9 cm³/mol. The van der Waals surface area contributed by atoms with Crippen LogP contribution in [0.2, 0.25) is 0 Å². The molecule has 17 heavy (non-hydrogen) atoms. The number of nitrogens with zero attached hydrogens (tertiary/aromatic N) is 2. The molecule has 0 bridgehead atoms. The normalized spacial score (nSPS) is 15.2. The Morgan fingerprint density at radius 2 is 2.29 bits per heavy atom. The Morgan fingerprint density at radius 3 is 2.94 bits per heavy atom. The van der Waals surface area contributed by atoms with E-state index < -0.39 is 0 Å². The summed E-state index contributed by atoms with van der Waals surface area (Å²) in [5.41, 5.74) is 2.36. The average Bonchev–Trinajstić information content (AvgIpc) is 2.96. The van der Waals surface area contributed by atoms with Gasteiger partial charge in [0, 0.05) is 25.3 Å². The highest BCUT2D eigenvalue weighted by Crippen LogP contribution is 2.07. The van der Waals surface area contributed by atoms with Gasteiger partial charge >= 0.3 is 6.03 Å². The maximum absolute atomic E-state index is 11.7. The molecule has 2 amide bonds. The second-order valence-corrected chi connectivity index (χ2v) is 4.55. The number of rotatable bonds is 4. The molecule has 1 saturated heterocycles. The molecule has 5 heteroatoms. The zero-order valence-electron chi connectivity index (χ0n) is 10.3. The minimum atomic E-state index is 0.0893. The van der Waals surface area contributed by atoms with Crippen molar-refractivity contribution in [1.82, 2.24) is 20.4 Å². The van der Waals surface area contributed by atoms with Crippen molar-refractivity contribution in [2.75, 3.05) is 19.6 Å². The van der Waals surface area contributed by atoms with Crippen LogP contribution in [0.3, 0.4) is 0 Å². The van der Waals surface area contributed by atoms with Crippen molar-refractivity contribution in [2.45, 2.75) is 32.6 Å². The van der Waals surface area contributed by atoms with Gasteiger partial charge in [0.15, 0.2) is 0 Å². The van der Waals surface area contributed by atoms with Gasteiger partial charge in [0.1, 0.15) is 0 Å². The summed E-state index contributed by atoms with van der Waals surface area (Å²) in [6, 6.07) is 0.0893. The van der Waals surface area contributed by atoms with Crippen LogP contribution < -0.4 is 5.32 Å². The second-order valence-electron chi connectivity index (χ2n) is 4.55. The summed E-state index contributed by atoms with van der Waals surface area (Å²) in [7, 11) is 0. The summed E-state index contributed by atoms with van der Waals surface area (Å²) in [5, 5.41) is 9.86. The fourth-order valence-corrected chi connectivity index (χ4v) is 2.13. The Bertz CT molecular complexity index is 368. The Kier molecular flexibility index (Phi) is 4.01. The maximum Gasteiger partial charge on any atom is 0.317 e. The van der Waals surface area contributed by atoms with Crippen molar-refractivity contribution in [3.05, 3.63) is 17.5 Å². The molecule has 2 heterocycles. The lowest BCUT2D eigenvalue weighted by atomic mass is 10.1. The SMILES string of the molecule is Cc1[nH]ncc1CCCNC(=O)N1CCCC1. The van der Waals surface area contributed by atoms with Crippen molar-refractivity contribution >= 4 is 6.03 Å². The summed E-state index contributed by atoms with van der Waals surface area (Å²) in [5.74, 6) is 0. The first-order chi connectivity index (χ1) is 8.27. The molecule has 2 N–H and O–H groups in total. The molecule has 1 aliphatic rings. The molecule has 0 aliphatic carbocycles. The van der Waals surface area contributed by atoms with Crippen molar-refractivity contribution in [3.8, 4) is 0 Å². The first-order valence-corrected chi connectivity index (χ1v) is 6.29. The lowest BCUT2D eigenvalue weighted by molar-refractivity contribution is 0.209. The van der Waals surface area contributed by atoms with Gasteiger partial charge in [0.2, 0.25) is 0 Å². The second kappa shape index (κ2) is 5.70. The van der Waals surface area contributed by atoms with Gasteiger partial charge in [0.25, 0.3) is 0 Å². The number of nitrogens with one attached hydrogen (secondary N) is 2. The molecule has 1 aliphatic heterocycles. The van der Waals surface area contributed by atoms with Crippen molar-refractivity contribution < 1.29 is 4.79 Å². The predicted octanol–water partition coefficient (Wildman–Crippen LogP) is 1.46. The first-order valence-electron chi connectivity index (χ1n) is 6.29. The Labute approximate surface area is 102 Å². The Morgan fingerprint density at radius 1 is 1.53 bits per heavy atom. The van der Waals surface area contributed by atoms with E-state index in [9.17, 15) is 4.79 Å². The molecular formula is C12H20N4O. The van der Waals surface area contributed by atoms with E-state index in [-0.39, 0.29) is 6.03 Å². The van der Waals surface area contributed by atoms with Crippen molar-refractivity contribution in [2.24, 2.45) is 0 Å². The number of urea groups is 1. The van der Waals surface area contributed by atoms with E-state index in [1.54, 1.807) is 0 Å². The van der Waals surface area contributed by atoms with Crippen LogP contribution in [-0.4, -0.2) is 40.8 Å². The van der Waals surface area contributed by atoms with Crippen LogP contribution in [-0.2, 0) is 6.42 Å². The minimum Gasteiger partial charge on any atom is -0.338 e. The Balaban J connectivity index is 1.63. The molecule has 0 radical (unpaired) electrons. The minimum absolute atomic E-state index is 0.0893. The average molecular weight is 236 g/mol. The third-order valence-corrected chi connectivity index (χ3v) is 3.23. The lowest BCUT2D eigenvalue weighted by Crippen LogP contribution is -2.38. The van der Waals surface area contributed by atoms with E-state index in [2.05, 4.69) is 15.5 Å². The lowest BCUT2D eigenvalue weighted by Gasteiger charge is -2.15. The van der Waals surface area contributed by atoms with Crippen LogP contribution in [0, 0.1) is 6.92 Å². The van der Waals surface area contributed by atoms with E-state index in [1.807, 2.05) is 18.0 Å². The fourth-order valence-electron chi connectivity index (χ4n) is 2.13. The van der Waals surface area contributed by atoms with Crippen LogP contribution in [0.5, 0.6) is 0 Å². The maximum atomic E-state index is 11.7. The third-order valence-electron chi connectivity index (χ3n) is 3.23. The van der Waals surface area contributed by atoms with E-state index in [0.29, 0.717) is 0 Å². The van der Waals surface area contributed by atoms with Gasteiger partial charge in [-0.1, -0.05) is 0 Å². The molecule has 1 fully saturated rings. The smallest absolute Gasteiger partial charge is 0.317 e. The number of aromatic amines is 1. The van der Waals surface area contributed by atoms with Crippen LogP contribution >= 0.6 is 0 Å². The van der Waals surface area contributed by atoms with E-state index in [1.165, 1.54) is 5.56 Å². The molecule has 0 aromatic carbocycles. The zero-order chi connectivity index (χ0) is 12.1. The highest BCUT2D eigenvalue weighted by atomic mass is 16.2. The molecule has 0 atom stereocenters. The van der Waals surface area contributed by atoms with Crippen LogP contribution in [0.25, 0.3) is 0 Å². The zero-order valence-corrected chi connectivity index (χ0v) is 10.3. The molecule has 0 saturated carbocycles. The number of H-pyrrole nitrogens is 1. The van der Waals surface area contributed by atoms with Crippen LogP contribution in [0.4, 0.5) is 4.79 Å². The number of amides is 2. The van der Waals surface area contributed by atoms with Gasteiger partial charge in [-0.05, 0) is 38.2 Å². The van der Waals surface area contributed by atoms with Crippen LogP contribution in [0.15, 0.2) is 6.20 Å². The molecular weight excluding hydrogens is 216 g/mol. The van der Waals surface area contributed by atoms with Gasteiger partial charge in [-0.15, -0.1) is 0 Å². The largest absolute Gasteiger partial charge is 0.338 e. The Hall–Kier alpha value is -1.52. The van der Waals surface area contributed by atoms with Crippen molar-refractivity contribution in [1.29, 1.82) is 0 Å². The van der Waals surface area contributed by atoms with Crippen molar-refractivity contribution in [3.63, 3.8) is 0 Å².